The second-order valence-corrected chi connectivity index (χ2v) is 8.85. The van der Waals surface area contributed by atoms with Gasteiger partial charge < -0.3 is 19.0 Å². The van der Waals surface area contributed by atoms with Crippen molar-refractivity contribution >= 4 is 18.2 Å². The molecule has 0 spiro atoms. The van der Waals surface area contributed by atoms with Crippen molar-refractivity contribution in [3.05, 3.63) is 0 Å². The molecular weight excluding hydrogens is 400 g/mol. The quantitative estimate of drug-likeness (QED) is 0.475. The van der Waals surface area contributed by atoms with E-state index in [1.807, 2.05) is 14.0 Å². The normalized spacial score (nSPS) is 31.0. The van der Waals surface area contributed by atoms with Gasteiger partial charge in [-0.3, -0.25) is 9.59 Å². The zero-order valence-corrected chi connectivity index (χ0v) is 20.2. The summed E-state index contributed by atoms with van der Waals surface area (Å²) in [5.74, 6) is -0.281. The van der Waals surface area contributed by atoms with Crippen LogP contribution in [0.3, 0.4) is 0 Å². The van der Waals surface area contributed by atoms with Crippen LogP contribution in [0.4, 0.5) is 0 Å². The molecule has 0 aliphatic carbocycles. The Hall–Kier alpha value is -1.51. The highest BCUT2D eigenvalue weighted by Gasteiger charge is 2.31. The summed E-state index contributed by atoms with van der Waals surface area (Å²) in [6.45, 7) is 7.46. The topological polar surface area (TPSA) is 85.4 Å². The predicted octanol–water partition coefficient (Wildman–Crippen LogP) is 2.84. The number of carbonyl (C=O) groups is 3. The molecule has 0 N–H and O–H groups in total. The number of hydrogen-bond acceptors (Lipinski definition) is 8. The van der Waals surface area contributed by atoms with Crippen LogP contribution in [-0.2, 0) is 28.6 Å². The van der Waals surface area contributed by atoms with E-state index >= 15 is 0 Å². The molecule has 8 heteroatoms. The number of cyclic esters (lactones) is 1. The van der Waals surface area contributed by atoms with Gasteiger partial charge in [-0.2, -0.15) is 0 Å². The van der Waals surface area contributed by atoms with Crippen molar-refractivity contribution in [2.24, 2.45) is 11.8 Å². The molecule has 0 amide bonds. The van der Waals surface area contributed by atoms with Crippen LogP contribution in [0.1, 0.15) is 65.7 Å². The van der Waals surface area contributed by atoms with Crippen molar-refractivity contribution in [2.45, 2.75) is 84.0 Å². The Morgan fingerprint density at radius 2 is 1.77 bits per heavy atom. The Kier molecular flexibility index (Phi) is 12.9. The molecule has 5 atom stereocenters. The Balaban J connectivity index is 3.07. The van der Waals surface area contributed by atoms with Gasteiger partial charge in [0, 0.05) is 47.1 Å². The first kappa shape index (κ1) is 27.5. The van der Waals surface area contributed by atoms with Crippen LogP contribution in [0.5, 0.6) is 0 Å². The maximum atomic E-state index is 12.6. The van der Waals surface area contributed by atoms with Crippen LogP contribution in [0, 0.1) is 11.8 Å². The molecule has 1 heterocycles. The average molecular weight is 443 g/mol. The first-order valence-corrected chi connectivity index (χ1v) is 11.5. The third-order valence-electron chi connectivity index (χ3n) is 6.11. The van der Waals surface area contributed by atoms with E-state index in [1.54, 1.807) is 14.0 Å². The van der Waals surface area contributed by atoms with E-state index in [-0.39, 0.29) is 30.8 Å². The van der Waals surface area contributed by atoms with Gasteiger partial charge in [0.05, 0.1) is 12.5 Å². The molecule has 0 aromatic carbocycles. The van der Waals surface area contributed by atoms with Crippen LogP contribution in [-0.4, -0.2) is 80.8 Å². The zero-order valence-electron chi connectivity index (χ0n) is 20.2. The van der Waals surface area contributed by atoms with Gasteiger partial charge in [-0.15, -0.1) is 0 Å². The second kappa shape index (κ2) is 14.5. The van der Waals surface area contributed by atoms with Gasteiger partial charge in [-0.25, -0.2) is 10.0 Å². The zero-order chi connectivity index (χ0) is 23.4. The van der Waals surface area contributed by atoms with Crippen molar-refractivity contribution in [1.82, 2.24) is 10.0 Å². The molecule has 1 aliphatic heterocycles. The minimum Gasteiger partial charge on any atom is -0.463 e. The van der Waals surface area contributed by atoms with Gasteiger partial charge in [0.1, 0.15) is 18.5 Å². The molecule has 5 unspecified atom stereocenters. The van der Waals surface area contributed by atoms with Gasteiger partial charge in [-0.1, -0.05) is 13.8 Å². The molecule has 0 radical (unpaired) electrons. The highest BCUT2D eigenvalue weighted by Crippen LogP contribution is 2.27. The average Bonchev–Trinajstić information content (AvgIpc) is 2.72. The van der Waals surface area contributed by atoms with Crippen LogP contribution < -0.4 is 0 Å². The minimum atomic E-state index is -0.733. The van der Waals surface area contributed by atoms with E-state index in [0.717, 1.165) is 32.2 Å². The van der Waals surface area contributed by atoms with Crippen molar-refractivity contribution in [2.75, 3.05) is 34.3 Å². The first-order valence-electron chi connectivity index (χ1n) is 11.5. The summed E-state index contributed by atoms with van der Waals surface area (Å²) in [5.41, 5.74) is 0. The lowest BCUT2D eigenvalue weighted by molar-refractivity contribution is -0.165. The molecule has 180 valence electrons. The van der Waals surface area contributed by atoms with Gasteiger partial charge >= 0.3 is 11.9 Å². The van der Waals surface area contributed by atoms with Gasteiger partial charge in [0.25, 0.3) is 0 Å². The Labute approximate surface area is 187 Å². The molecular formula is C23H42N2O6. The van der Waals surface area contributed by atoms with E-state index < -0.39 is 18.2 Å². The molecule has 0 aromatic heterocycles. The van der Waals surface area contributed by atoms with Crippen molar-refractivity contribution in [3.63, 3.8) is 0 Å². The molecule has 1 aliphatic rings. The van der Waals surface area contributed by atoms with E-state index in [2.05, 4.69) is 24.0 Å². The fraction of sp³-hybridized carbons (Fsp3) is 0.870. The fourth-order valence-electron chi connectivity index (χ4n) is 3.95. The van der Waals surface area contributed by atoms with E-state index in [4.69, 9.17) is 14.2 Å². The monoisotopic (exact) mass is 442 g/mol. The fourth-order valence-corrected chi connectivity index (χ4v) is 3.95. The number of hydrogen-bond donors (Lipinski definition) is 0. The minimum absolute atomic E-state index is 0.0618. The Bertz CT molecular complexity index is 558. The lowest BCUT2D eigenvalue weighted by Crippen LogP contribution is -2.40. The summed E-state index contributed by atoms with van der Waals surface area (Å²) < 4.78 is 16.8. The predicted molar refractivity (Wildman–Crippen MR) is 118 cm³/mol. The standard InChI is InChI=1S/C23H42N2O6/c1-7-22(27)31-21-16-23(28)30-18(3)9-12-25(5)24(4)11-8-17(2)14-19(10-13-26)15-20(21)29-6/h13,17-21H,7-12,14-16H2,1-6H3. The number of aldehydes is 1. The van der Waals surface area contributed by atoms with E-state index in [9.17, 15) is 14.4 Å². The number of hydrazine groups is 1. The van der Waals surface area contributed by atoms with Gasteiger partial charge in [0.15, 0.2) is 0 Å². The largest absolute Gasteiger partial charge is 0.463 e. The molecule has 0 aromatic rings. The summed E-state index contributed by atoms with van der Waals surface area (Å²) in [4.78, 5) is 35.9. The van der Waals surface area contributed by atoms with Crippen LogP contribution in [0.2, 0.25) is 0 Å². The number of nitrogens with zero attached hydrogens (tertiary/aromatic N) is 2. The molecule has 31 heavy (non-hydrogen) atoms. The van der Waals surface area contributed by atoms with E-state index in [0.29, 0.717) is 25.2 Å². The molecule has 8 nitrogen and oxygen atoms in total. The number of rotatable bonds is 5. The molecule has 0 saturated carbocycles. The number of methoxy groups -OCH3 is 1. The third kappa shape index (κ3) is 10.6. The van der Waals surface area contributed by atoms with Crippen LogP contribution >= 0.6 is 0 Å². The number of esters is 2. The SMILES string of the molecule is CCC(=O)OC1CC(=O)OC(C)CCN(C)N(C)CCC(C)CC(CC=O)CC1OC. The maximum Gasteiger partial charge on any atom is 0.309 e. The Morgan fingerprint density at radius 3 is 2.35 bits per heavy atom. The second-order valence-electron chi connectivity index (χ2n) is 8.85. The molecule has 1 rings (SSSR count). The highest BCUT2D eigenvalue weighted by atomic mass is 16.6. The number of ether oxygens (including phenoxy) is 3. The van der Waals surface area contributed by atoms with Crippen molar-refractivity contribution in [1.29, 1.82) is 0 Å². The molecule has 1 saturated heterocycles. The Morgan fingerprint density at radius 1 is 1.13 bits per heavy atom. The van der Waals surface area contributed by atoms with Crippen LogP contribution in [0.25, 0.3) is 0 Å². The summed E-state index contributed by atoms with van der Waals surface area (Å²) in [7, 11) is 5.64. The smallest absolute Gasteiger partial charge is 0.309 e. The van der Waals surface area contributed by atoms with E-state index in [1.165, 1.54) is 0 Å². The lowest BCUT2D eigenvalue weighted by atomic mass is 9.86. The van der Waals surface area contributed by atoms with Gasteiger partial charge in [-0.05, 0) is 44.4 Å². The maximum absolute atomic E-state index is 12.6. The molecule has 0 bridgehead atoms. The van der Waals surface area contributed by atoms with Gasteiger partial charge in [0.2, 0.25) is 0 Å². The third-order valence-corrected chi connectivity index (χ3v) is 6.11. The summed E-state index contributed by atoms with van der Waals surface area (Å²) in [6, 6.07) is 0. The summed E-state index contributed by atoms with van der Waals surface area (Å²) in [6.07, 6.45) is 3.17. The summed E-state index contributed by atoms with van der Waals surface area (Å²) >= 11 is 0. The number of carbonyl (C=O) groups excluding carboxylic acids is 3. The molecule has 1 fully saturated rings. The summed E-state index contributed by atoms with van der Waals surface area (Å²) in [5, 5.41) is 4.32. The first-order chi connectivity index (χ1) is 14.7. The van der Waals surface area contributed by atoms with Crippen molar-refractivity contribution in [3.8, 4) is 0 Å². The highest BCUT2D eigenvalue weighted by molar-refractivity contribution is 5.72. The van der Waals surface area contributed by atoms with Crippen LogP contribution in [0.15, 0.2) is 0 Å². The van der Waals surface area contributed by atoms with Crippen molar-refractivity contribution < 1.29 is 28.6 Å². The lowest BCUT2D eigenvalue weighted by Gasteiger charge is -2.32.